The third-order valence-corrected chi connectivity index (χ3v) is 6.07. The molecule has 0 saturated carbocycles. The molecular formula is C21H24ClNO4S. The smallest absolute Gasteiger partial charge is 0.341 e. The number of rotatable bonds is 7. The summed E-state index contributed by atoms with van der Waals surface area (Å²) in [6.07, 6.45) is 3.70. The van der Waals surface area contributed by atoms with Crippen LogP contribution in [0.15, 0.2) is 24.3 Å². The highest BCUT2D eigenvalue weighted by atomic mass is 35.5. The molecule has 1 aromatic carbocycles. The minimum atomic E-state index is -0.687. The van der Waals surface area contributed by atoms with Gasteiger partial charge in [0.1, 0.15) is 10.8 Å². The molecule has 0 unspecified atom stereocenters. The third kappa shape index (κ3) is 4.67. The Morgan fingerprint density at radius 3 is 2.75 bits per heavy atom. The highest BCUT2D eigenvalue weighted by Gasteiger charge is 2.29. The molecule has 0 bridgehead atoms. The first kappa shape index (κ1) is 20.7. The van der Waals surface area contributed by atoms with Gasteiger partial charge in [-0.1, -0.05) is 24.6 Å². The van der Waals surface area contributed by atoms with Crippen LogP contribution in [-0.2, 0) is 22.4 Å². The summed E-state index contributed by atoms with van der Waals surface area (Å²) >= 11 is 7.47. The molecule has 0 fully saturated rings. The highest BCUT2D eigenvalue weighted by Crippen LogP contribution is 2.38. The Labute approximate surface area is 174 Å². The number of hydrogen-bond donors (Lipinski definition) is 1. The van der Waals surface area contributed by atoms with Crippen molar-refractivity contribution in [1.82, 2.24) is 0 Å². The number of anilines is 1. The van der Waals surface area contributed by atoms with E-state index in [1.165, 1.54) is 11.3 Å². The molecule has 1 aliphatic carbocycles. The van der Waals surface area contributed by atoms with Crippen LogP contribution in [0.4, 0.5) is 5.00 Å². The summed E-state index contributed by atoms with van der Waals surface area (Å²) in [6, 6.07) is 6.95. The fourth-order valence-electron chi connectivity index (χ4n) is 3.29. The number of ether oxygens (including phenoxy) is 2. The Balaban J connectivity index is 1.82. The normalized spacial score (nSPS) is 14.1. The number of halogens is 1. The predicted molar refractivity (Wildman–Crippen MR) is 112 cm³/mol. The minimum absolute atomic E-state index is 0.286. The fourth-order valence-corrected chi connectivity index (χ4v) is 4.75. The SMILES string of the molecule is CCOC(=O)c1c(NC(=O)[C@H](CC)Oc2cccc(Cl)c2)sc2c1CCCC2. The van der Waals surface area contributed by atoms with Gasteiger partial charge in [-0.25, -0.2) is 4.79 Å². The molecule has 7 heteroatoms. The summed E-state index contributed by atoms with van der Waals surface area (Å²) in [6.45, 7) is 3.95. The van der Waals surface area contributed by atoms with Gasteiger partial charge in [0.15, 0.2) is 6.10 Å². The summed E-state index contributed by atoms with van der Waals surface area (Å²) in [4.78, 5) is 26.6. The van der Waals surface area contributed by atoms with E-state index in [1.807, 2.05) is 6.92 Å². The summed E-state index contributed by atoms with van der Waals surface area (Å²) in [7, 11) is 0. The maximum absolute atomic E-state index is 12.9. The lowest BCUT2D eigenvalue weighted by Crippen LogP contribution is -2.32. The topological polar surface area (TPSA) is 64.6 Å². The van der Waals surface area contributed by atoms with Crippen LogP contribution in [0, 0.1) is 0 Å². The van der Waals surface area contributed by atoms with E-state index in [0.717, 1.165) is 36.1 Å². The molecule has 28 heavy (non-hydrogen) atoms. The van der Waals surface area contributed by atoms with Gasteiger partial charge in [0.05, 0.1) is 12.2 Å². The lowest BCUT2D eigenvalue weighted by Gasteiger charge is -2.17. The van der Waals surface area contributed by atoms with E-state index in [-0.39, 0.29) is 11.9 Å². The van der Waals surface area contributed by atoms with Gasteiger partial charge in [0.25, 0.3) is 5.91 Å². The number of benzene rings is 1. The highest BCUT2D eigenvalue weighted by molar-refractivity contribution is 7.17. The van der Waals surface area contributed by atoms with Crippen molar-refractivity contribution in [3.8, 4) is 5.75 Å². The number of fused-ring (bicyclic) bond motifs is 1. The van der Waals surface area contributed by atoms with Crippen molar-refractivity contribution in [3.63, 3.8) is 0 Å². The maximum atomic E-state index is 12.9. The van der Waals surface area contributed by atoms with Gasteiger partial charge >= 0.3 is 5.97 Å². The molecule has 2 aromatic rings. The van der Waals surface area contributed by atoms with E-state index in [1.54, 1.807) is 31.2 Å². The van der Waals surface area contributed by atoms with Crippen LogP contribution in [-0.4, -0.2) is 24.6 Å². The van der Waals surface area contributed by atoms with Crippen molar-refractivity contribution in [2.45, 2.75) is 52.1 Å². The van der Waals surface area contributed by atoms with E-state index in [0.29, 0.717) is 34.4 Å². The van der Waals surface area contributed by atoms with Gasteiger partial charge in [-0.15, -0.1) is 11.3 Å². The van der Waals surface area contributed by atoms with Gasteiger partial charge in [-0.3, -0.25) is 4.79 Å². The Kier molecular flexibility index (Phi) is 6.97. The van der Waals surface area contributed by atoms with Gasteiger partial charge < -0.3 is 14.8 Å². The van der Waals surface area contributed by atoms with E-state index >= 15 is 0 Å². The van der Waals surface area contributed by atoms with Gasteiger partial charge in [0.2, 0.25) is 0 Å². The minimum Gasteiger partial charge on any atom is -0.481 e. The van der Waals surface area contributed by atoms with E-state index in [2.05, 4.69) is 5.32 Å². The number of hydrogen-bond acceptors (Lipinski definition) is 5. The lowest BCUT2D eigenvalue weighted by molar-refractivity contribution is -0.122. The Hall–Kier alpha value is -2.05. The van der Waals surface area contributed by atoms with Crippen molar-refractivity contribution < 1.29 is 19.1 Å². The zero-order chi connectivity index (χ0) is 20.1. The van der Waals surface area contributed by atoms with Crippen molar-refractivity contribution in [3.05, 3.63) is 45.3 Å². The first-order chi connectivity index (χ1) is 13.5. The molecule has 1 amide bonds. The number of thiophene rings is 1. The number of carbonyl (C=O) groups is 2. The summed E-state index contributed by atoms with van der Waals surface area (Å²) in [5.74, 6) is -0.127. The zero-order valence-electron chi connectivity index (χ0n) is 16.0. The predicted octanol–water partition coefficient (Wildman–Crippen LogP) is 5.25. The largest absolute Gasteiger partial charge is 0.481 e. The molecule has 0 spiro atoms. The Morgan fingerprint density at radius 1 is 1.25 bits per heavy atom. The molecule has 1 N–H and O–H groups in total. The monoisotopic (exact) mass is 421 g/mol. The lowest BCUT2D eigenvalue weighted by atomic mass is 9.95. The molecule has 0 aliphatic heterocycles. The van der Waals surface area contributed by atoms with Crippen molar-refractivity contribution in [1.29, 1.82) is 0 Å². The standard InChI is InChI=1S/C21H24ClNO4S/c1-3-16(27-14-9-7-8-13(22)12-14)19(24)23-20-18(21(25)26-4-2)15-10-5-6-11-17(15)28-20/h7-9,12,16H,3-6,10-11H2,1-2H3,(H,23,24)/t16-/m0/s1. The fraction of sp³-hybridized carbons (Fsp3) is 0.429. The van der Waals surface area contributed by atoms with Crippen LogP contribution in [0.5, 0.6) is 5.75 Å². The average molecular weight is 422 g/mol. The first-order valence-electron chi connectivity index (χ1n) is 9.58. The van der Waals surface area contributed by atoms with Crippen LogP contribution < -0.4 is 10.1 Å². The number of aryl methyl sites for hydroxylation is 1. The second-order valence-corrected chi connectivity index (χ2v) is 8.14. The second-order valence-electron chi connectivity index (χ2n) is 6.60. The van der Waals surface area contributed by atoms with Crippen molar-refractivity contribution in [2.75, 3.05) is 11.9 Å². The van der Waals surface area contributed by atoms with Gasteiger partial charge in [-0.2, -0.15) is 0 Å². The maximum Gasteiger partial charge on any atom is 0.341 e. The van der Waals surface area contributed by atoms with Gasteiger partial charge in [-0.05, 0) is 62.8 Å². The first-order valence-corrected chi connectivity index (χ1v) is 10.8. The zero-order valence-corrected chi connectivity index (χ0v) is 17.6. The number of amides is 1. The molecule has 150 valence electrons. The second kappa shape index (κ2) is 9.43. The van der Waals surface area contributed by atoms with Crippen molar-refractivity contribution >= 4 is 39.8 Å². The Bertz CT molecular complexity index is 864. The number of nitrogens with one attached hydrogen (secondary N) is 1. The summed E-state index contributed by atoms with van der Waals surface area (Å²) < 4.78 is 11.1. The molecular weight excluding hydrogens is 398 g/mol. The van der Waals surface area contributed by atoms with E-state index in [9.17, 15) is 9.59 Å². The number of esters is 1. The molecule has 0 saturated heterocycles. The third-order valence-electron chi connectivity index (χ3n) is 4.63. The molecule has 1 aromatic heterocycles. The van der Waals surface area contributed by atoms with Crippen LogP contribution in [0.3, 0.4) is 0 Å². The van der Waals surface area contributed by atoms with Crippen LogP contribution in [0.1, 0.15) is 53.9 Å². The average Bonchev–Trinajstić information content (AvgIpc) is 3.04. The van der Waals surface area contributed by atoms with Crippen LogP contribution in [0.2, 0.25) is 5.02 Å². The molecule has 3 rings (SSSR count). The van der Waals surface area contributed by atoms with Gasteiger partial charge in [0, 0.05) is 9.90 Å². The molecule has 0 radical (unpaired) electrons. The molecule has 1 atom stereocenters. The summed E-state index contributed by atoms with van der Waals surface area (Å²) in [5, 5.41) is 4.02. The molecule has 5 nitrogen and oxygen atoms in total. The Morgan fingerprint density at radius 2 is 2.04 bits per heavy atom. The number of carbonyl (C=O) groups excluding carboxylic acids is 2. The van der Waals surface area contributed by atoms with E-state index < -0.39 is 6.10 Å². The van der Waals surface area contributed by atoms with Crippen molar-refractivity contribution in [2.24, 2.45) is 0 Å². The quantitative estimate of drug-likeness (QED) is 0.620. The summed E-state index contributed by atoms with van der Waals surface area (Å²) in [5.41, 5.74) is 1.53. The van der Waals surface area contributed by atoms with E-state index in [4.69, 9.17) is 21.1 Å². The molecule has 1 heterocycles. The van der Waals surface area contributed by atoms with Crippen LogP contribution >= 0.6 is 22.9 Å². The van der Waals surface area contributed by atoms with Crippen LogP contribution in [0.25, 0.3) is 0 Å². The molecule has 1 aliphatic rings.